The molecule has 152 valence electrons. The highest BCUT2D eigenvalue weighted by Crippen LogP contribution is 2.36. The number of halogens is 3. The summed E-state index contributed by atoms with van der Waals surface area (Å²) in [5.41, 5.74) is 0.697. The number of amides is 2. The minimum atomic E-state index is -4.61. The number of benzene rings is 3. The first-order valence-corrected chi connectivity index (χ1v) is 9.17. The number of nitriles is 1. The van der Waals surface area contributed by atoms with Gasteiger partial charge in [0.1, 0.15) is 0 Å². The first-order chi connectivity index (χ1) is 14.8. The zero-order chi connectivity index (χ0) is 22.2. The van der Waals surface area contributed by atoms with E-state index >= 15 is 0 Å². The van der Waals surface area contributed by atoms with Gasteiger partial charge in [-0.25, -0.2) is 4.90 Å². The predicted molar refractivity (Wildman–Crippen MR) is 109 cm³/mol. The monoisotopic (exact) mass is 418 g/mol. The van der Waals surface area contributed by atoms with Crippen LogP contribution in [0.25, 0.3) is 11.6 Å². The van der Waals surface area contributed by atoms with Crippen LogP contribution in [-0.2, 0) is 11.0 Å². The van der Waals surface area contributed by atoms with Gasteiger partial charge in [0.15, 0.2) is 0 Å². The molecule has 3 aromatic carbocycles. The fraction of sp³-hybridized carbons (Fsp3) is 0.0417. The lowest BCUT2D eigenvalue weighted by atomic mass is 9.91. The summed E-state index contributed by atoms with van der Waals surface area (Å²) < 4.78 is 39.5. The number of fused-ring (bicyclic) bond motifs is 1. The second kappa shape index (κ2) is 7.58. The molecule has 31 heavy (non-hydrogen) atoms. The maximum Gasteiger partial charge on any atom is 0.416 e. The van der Waals surface area contributed by atoms with E-state index in [-0.39, 0.29) is 16.8 Å². The van der Waals surface area contributed by atoms with E-state index in [1.807, 2.05) is 6.07 Å². The van der Waals surface area contributed by atoms with Gasteiger partial charge in [0.25, 0.3) is 11.8 Å². The smallest absolute Gasteiger partial charge is 0.268 e. The average Bonchev–Trinajstić information content (AvgIpc) is 2.77. The predicted octanol–water partition coefficient (Wildman–Crippen LogP) is 5.30. The van der Waals surface area contributed by atoms with Crippen LogP contribution in [0.1, 0.15) is 32.6 Å². The summed E-state index contributed by atoms with van der Waals surface area (Å²) in [7, 11) is 0. The molecule has 4 rings (SSSR count). The van der Waals surface area contributed by atoms with Gasteiger partial charge < -0.3 is 0 Å². The summed E-state index contributed by atoms with van der Waals surface area (Å²) >= 11 is 0. The van der Waals surface area contributed by atoms with Crippen molar-refractivity contribution in [1.82, 2.24) is 0 Å². The lowest BCUT2D eigenvalue weighted by molar-refractivity contribution is -0.137. The van der Waals surface area contributed by atoms with E-state index in [1.165, 1.54) is 12.1 Å². The Balaban J connectivity index is 1.86. The fourth-order valence-corrected chi connectivity index (χ4v) is 3.37. The molecular formula is C24H13F3N2O2. The van der Waals surface area contributed by atoms with Gasteiger partial charge in [0.05, 0.1) is 22.9 Å². The molecule has 0 atom stereocenters. The van der Waals surface area contributed by atoms with Crippen molar-refractivity contribution in [3.63, 3.8) is 0 Å². The molecule has 4 nitrogen and oxygen atoms in total. The number of imide groups is 1. The average molecular weight is 418 g/mol. The second-order valence-corrected chi connectivity index (χ2v) is 6.83. The third kappa shape index (κ3) is 3.71. The highest BCUT2D eigenvalue weighted by Gasteiger charge is 2.37. The quantitative estimate of drug-likeness (QED) is 0.419. The van der Waals surface area contributed by atoms with Gasteiger partial charge in [0.2, 0.25) is 0 Å². The van der Waals surface area contributed by atoms with Crippen molar-refractivity contribution in [2.75, 3.05) is 4.90 Å². The van der Waals surface area contributed by atoms with Gasteiger partial charge >= 0.3 is 6.18 Å². The van der Waals surface area contributed by atoms with Crippen molar-refractivity contribution in [1.29, 1.82) is 5.26 Å². The van der Waals surface area contributed by atoms with E-state index < -0.39 is 23.6 Å². The number of carbonyl (C=O) groups is 2. The molecule has 0 saturated carbocycles. The Labute approximate surface area is 175 Å². The molecular weight excluding hydrogens is 405 g/mol. The molecule has 7 heteroatoms. The summed E-state index contributed by atoms with van der Waals surface area (Å²) in [4.78, 5) is 27.1. The molecule has 0 radical (unpaired) electrons. The van der Waals surface area contributed by atoms with Crippen LogP contribution in [0.4, 0.5) is 18.9 Å². The summed E-state index contributed by atoms with van der Waals surface area (Å²) in [5, 5.41) is 8.95. The molecule has 3 aromatic rings. The van der Waals surface area contributed by atoms with Gasteiger partial charge in [-0.2, -0.15) is 18.4 Å². The molecule has 0 aliphatic carbocycles. The van der Waals surface area contributed by atoms with Crippen LogP contribution in [0.3, 0.4) is 0 Å². The molecule has 0 spiro atoms. The van der Waals surface area contributed by atoms with E-state index in [2.05, 4.69) is 0 Å². The van der Waals surface area contributed by atoms with Gasteiger partial charge in [-0.1, -0.05) is 36.4 Å². The van der Waals surface area contributed by atoms with Gasteiger partial charge in [0, 0.05) is 11.1 Å². The Hall–Kier alpha value is -4.18. The minimum absolute atomic E-state index is 0.162. The normalized spacial score (nSPS) is 15.0. The third-order valence-corrected chi connectivity index (χ3v) is 4.87. The van der Waals surface area contributed by atoms with Crippen LogP contribution in [-0.4, -0.2) is 11.8 Å². The standard InChI is InChI=1S/C24H13F3N2O2/c25-24(26,27)17-4-3-5-18(13-17)29-22(30)20-7-2-1-6-19(20)21(23(29)31)12-15-8-10-16(14-28)11-9-15/h1-13H/b21-12-. The summed E-state index contributed by atoms with van der Waals surface area (Å²) in [5.74, 6) is -1.43. The van der Waals surface area contributed by atoms with Crippen molar-refractivity contribution in [3.05, 3.63) is 101 Å². The van der Waals surface area contributed by atoms with Crippen LogP contribution in [0.2, 0.25) is 0 Å². The van der Waals surface area contributed by atoms with Gasteiger partial charge in [-0.15, -0.1) is 0 Å². The maximum absolute atomic E-state index is 13.3. The highest BCUT2D eigenvalue weighted by molar-refractivity contribution is 6.43. The Bertz CT molecular complexity index is 1270. The first kappa shape index (κ1) is 20.1. The molecule has 2 amide bonds. The van der Waals surface area contributed by atoms with Crippen LogP contribution < -0.4 is 4.90 Å². The highest BCUT2D eigenvalue weighted by atomic mass is 19.4. The molecule has 0 fully saturated rings. The van der Waals surface area contributed by atoms with Crippen molar-refractivity contribution >= 4 is 29.2 Å². The summed E-state index contributed by atoms with van der Waals surface area (Å²) in [6, 6.07) is 19.0. The van der Waals surface area contributed by atoms with E-state index in [1.54, 1.807) is 48.5 Å². The number of hydrogen-bond donors (Lipinski definition) is 0. The SMILES string of the molecule is N#Cc1ccc(/C=C2\C(=O)N(c3cccc(C(F)(F)F)c3)C(=O)c3ccccc32)cc1. The number of carbonyl (C=O) groups excluding carboxylic acids is 2. The number of nitrogens with zero attached hydrogens (tertiary/aromatic N) is 2. The van der Waals surface area contributed by atoms with Crippen LogP contribution in [0, 0.1) is 11.3 Å². The van der Waals surface area contributed by atoms with E-state index in [0.717, 1.165) is 23.1 Å². The molecule has 0 N–H and O–H groups in total. The van der Waals surface area contributed by atoms with Crippen molar-refractivity contribution < 1.29 is 22.8 Å². The van der Waals surface area contributed by atoms with Gasteiger partial charge in [-0.3, -0.25) is 9.59 Å². The lowest BCUT2D eigenvalue weighted by Crippen LogP contribution is -2.41. The number of hydrogen-bond acceptors (Lipinski definition) is 3. The Morgan fingerprint density at radius 1 is 0.839 bits per heavy atom. The van der Waals surface area contributed by atoms with Crippen LogP contribution in [0.5, 0.6) is 0 Å². The number of rotatable bonds is 2. The first-order valence-electron chi connectivity index (χ1n) is 9.17. The zero-order valence-electron chi connectivity index (χ0n) is 15.9. The molecule has 0 bridgehead atoms. The Kier molecular flexibility index (Phi) is 4.91. The number of anilines is 1. The summed E-state index contributed by atoms with van der Waals surface area (Å²) in [6.45, 7) is 0. The van der Waals surface area contributed by atoms with E-state index in [0.29, 0.717) is 16.7 Å². The summed E-state index contributed by atoms with van der Waals surface area (Å²) in [6.07, 6.45) is -3.06. The second-order valence-electron chi connectivity index (χ2n) is 6.83. The molecule has 0 aromatic heterocycles. The maximum atomic E-state index is 13.3. The zero-order valence-corrected chi connectivity index (χ0v) is 15.9. The molecule has 0 saturated heterocycles. The van der Waals surface area contributed by atoms with E-state index in [9.17, 15) is 22.8 Å². The van der Waals surface area contributed by atoms with Crippen molar-refractivity contribution in [3.8, 4) is 6.07 Å². The third-order valence-electron chi connectivity index (χ3n) is 4.87. The minimum Gasteiger partial charge on any atom is -0.268 e. The molecule has 1 aliphatic rings. The van der Waals surface area contributed by atoms with Crippen LogP contribution >= 0.6 is 0 Å². The van der Waals surface area contributed by atoms with Crippen molar-refractivity contribution in [2.45, 2.75) is 6.18 Å². The van der Waals surface area contributed by atoms with E-state index in [4.69, 9.17) is 5.26 Å². The molecule has 0 unspecified atom stereocenters. The van der Waals surface area contributed by atoms with Crippen LogP contribution in [0.15, 0.2) is 72.8 Å². The Morgan fingerprint density at radius 3 is 2.16 bits per heavy atom. The molecule has 1 heterocycles. The largest absolute Gasteiger partial charge is 0.416 e. The fourth-order valence-electron chi connectivity index (χ4n) is 3.37. The topological polar surface area (TPSA) is 61.2 Å². The number of alkyl halides is 3. The lowest BCUT2D eigenvalue weighted by Gasteiger charge is -2.29. The Morgan fingerprint density at radius 2 is 1.52 bits per heavy atom. The van der Waals surface area contributed by atoms with Crippen molar-refractivity contribution in [2.24, 2.45) is 0 Å². The molecule has 1 aliphatic heterocycles. The van der Waals surface area contributed by atoms with Gasteiger partial charge in [-0.05, 0) is 53.6 Å².